The summed E-state index contributed by atoms with van der Waals surface area (Å²) in [5.74, 6) is -0.0779. The highest BCUT2D eigenvalue weighted by Crippen LogP contribution is 2.26. The molecule has 1 heterocycles. The third-order valence-electron chi connectivity index (χ3n) is 2.25. The molecule has 0 aliphatic heterocycles. The fraction of sp³-hybridized carbons (Fsp3) is 0.167. The lowest BCUT2D eigenvalue weighted by Crippen LogP contribution is -2.07. The predicted molar refractivity (Wildman–Crippen MR) is 73.5 cm³/mol. The van der Waals surface area contributed by atoms with Gasteiger partial charge in [0, 0.05) is 21.6 Å². The Hall–Kier alpha value is -1.17. The summed E-state index contributed by atoms with van der Waals surface area (Å²) in [7, 11) is 0. The molecule has 2 rings (SSSR count). The Bertz CT molecular complexity index is 566. The van der Waals surface area contributed by atoms with Crippen LogP contribution in [0, 0.1) is 10.5 Å². The Morgan fingerprint density at radius 3 is 2.75 bits per heavy atom. The number of pyridine rings is 1. The number of hydrogen-bond donors (Lipinski definition) is 1. The van der Waals surface area contributed by atoms with Gasteiger partial charge in [-0.1, -0.05) is 0 Å². The van der Waals surface area contributed by atoms with Crippen LogP contribution in [-0.4, -0.2) is 10.9 Å². The summed E-state index contributed by atoms with van der Waals surface area (Å²) in [6.45, 7) is 3.44. The zero-order valence-corrected chi connectivity index (χ0v) is 11.2. The van der Waals surface area contributed by atoms with E-state index < -0.39 is 0 Å². The number of benzene rings is 1. The Labute approximate surface area is 107 Å². The van der Waals surface area contributed by atoms with E-state index in [9.17, 15) is 4.79 Å². The number of halogens is 1. The Balaban J connectivity index is 2.70. The SMILES string of the molecule is CC(=O)Nc1ccc(I)c2ccc(C)nc12. The second-order valence-electron chi connectivity index (χ2n) is 3.62. The molecule has 16 heavy (non-hydrogen) atoms. The highest BCUT2D eigenvalue weighted by Gasteiger charge is 2.06. The average Bonchev–Trinajstić information content (AvgIpc) is 2.22. The van der Waals surface area contributed by atoms with Gasteiger partial charge in [0.15, 0.2) is 0 Å². The highest BCUT2D eigenvalue weighted by atomic mass is 127. The molecule has 4 heteroatoms. The van der Waals surface area contributed by atoms with Crippen molar-refractivity contribution in [1.29, 1.82) is 0 Å². The van der Waals surface area contributed by atoms with Gasteiger partial charge in [-0.3, -0.25) is 9.78 Å². The minimum Gasteiger partial charge on any atom is -0.324 e. The second kappa shape index (κ2) is 4.37. The maximum Gasteiger partial charge on any atom is 0.221 e. The van der Waals surface area contributed by atoms with E-state index in [1.54, 1.807) is 0 Å². The van der Waals surface area contributed by atoms with E-state index in [-0.39, 0.29) is 5.91 Å². The van der Waals surface area contributed by atoms with Gasteiger partial charge in [0.25, 0.3) is 0 Å². The van der Waals surface area contributed by atoms with Crippen LogP contribution in [0.25, 0.3) is 10.9 Å². The standard InChI is InChI=1S/C12H11IN2O/c1-7-3-4-9-10(13)5-6-11(12(9)14-7)15-8(2)16/h3-6H,1-2H3,(H,15,16). The summed E-state index contributed by atoms with van der Waals surface area (Å²) in [6, 6.07) is 7.87. The summed E-state index contributed by atoms with van der Waals surface area (Å²) in [4.78, 5) is 15.6. The predicted octanol–water partition coefficient (Wildman–Crippen LogP) is 3.11. The highest BCUT2D eigenvalue weighted by molar-refractivity contribution is 14.1. The Kier molecular flexibility index (Phi) is 3.09. The van der Waals surface area contributed by atoms with Crippen molar-refractivity contribution in [1.82, 2.24) is 4.98 Å². The van der Waals surface area contributed by atoms with Gasteiger partial charge < -0.3 is 5.32 Å². The fourth-order valence-electron chi connectivity index (χ4n) is 1.57. The molecule has 0 saturated heterocycles. The zero-order chi connectivity index (χ0) is 11.7. The van der Waals surface area contributed by atoms with Crippen molar-refractivity contribution in [2.75, 3.05) is 5.32 Å². The van der Waals surface area contributed by atoms with Crippen molar-refractivity contribution in [2.45, 2.75) is 13.8 Å². The van der Waals surface area contributed by atoms with Gasteiger partial charge in [-0.05, 0) is 53.8 Å². The van der Waals surface area contributed by atoms with Crippen LogP contribution >= 0.6 is 22.6 Å². The number of rotatable bonds is 1. The summed E-state index contributed by atoms with van der Waals surface area (Å²) in [5.41, 5.74) is 2.56. The first-order chi connectivity index (χ1) is 7.58. The van der Waals surface area contributed by atoms with Crippen molar-refractivity contribution in [3.05, 3.63) is 33.5 Å². The Morgan fingerprint density at radius 1 is 1.31 bits per heavy atom. The maximum absolute atomic E-state index is 11.1. The normalized spacial score (nSPS) is 10.4. The molecule has 0 fully saturated rings. The van der Waals surface area contributed by atoms with Crippen molar-refractivity contribution < 1.29 is 4.79 Å². The molecular weight excluding hydrogens is 315 g/mol. The van der Waals surface area contributed by atoms with Crippen molar-refractivity contribution in [3.8, 4) is 0 Å². The number of hydrogen-bond acceptors (Lipinski definition) is 2. The van der Waals surface area contributed by atoms with E-state index in [4.69, 9.17) is 0 Å². The molecule has 1 N–H and O–H groups in total. The molecule has 1 aromatic carbocycles. The van der Waals surface area contributed by atoms with Crippen LogP contribution in [0.4, 0.5) is 5.69 Å². The van der Waals surface area contributed by atoms with E-state index in [1.807, 2.05) is 31.2 Å². The molecule has 0 bridgehead atoms. The van der Waals surface area contributed by atoms with E-state index in [2.05, 4.69) is 32.9 Å². The van der Waals surface area contributed by atoms with Gasteiger partial charge in [-0.25, -0.2) is 0 Å². The fourth-order valence-corrected chi connectivity index (χ4v) is 2.19. The largest absolute Gasteiger partial charge is 0.324 e. The molecule has 3 nitrogen and oxygen atoms in total. The molecule has 0 aliphatic carbocycles. The number of carbonyl (C=O) groups is 1. The van der Waals surface area contributed by atoms with Crippen LogP contribution in [0.2, 0.25) is 0 Å². The van der Waals surface area contributed by atoms with Crippen LogP contribution in [-0.2, 0) is 4.79 Å². The molecule has 0 spiro atoms. The molecule has 0 unspecified atom stereocenters. The van der Waals surface area contributed by atoms with Gasteiger partial charge in [0.05, 0.1) is 11.2 Å². The molecule has 0 saturated carbocycles. The van der Waals surface area contributed by atoms with Crippen LogP contribution in [0.3, 0.4) is 0 Å². The Morgan fingerprint density at radius 2 is 2.06 bits per heavy atom. The third kappa shape index (κ3) is 2.16. The lowest BCUT2D eigenvalue weighted by atomic mass is 10.1. The van der Waals surface area contributed by atoms with Gasteiger partial charge in [-0.15, -0.1) is 0 Å². The van der Waals surface area contributed by atoms with Crippen LogP contribution in [0.5, 0.6) is 0 Å². The lowest BCUT2D eigenvalue weighted by molar-refractivity contribution is -0.114. The second-order valence-corrected chi connectivity index (χ2v) is 4.79. The molecule has 2 aromatic rings. The minimum absolute atomic E-state index is 0.0779. The quantitative estimate of drug-likeness (QED) is 0.818. The molecule has 0 radical (unpaired) electrons. The van der Waals surface area contributed by atoms with E-state index in [0.717, 1.165) is 25.9 Å². The molecule has 82 valence electrons. The zero-order valence-electron chi connectivity index (χ0n) is 9.04. The van der Waals surface area contributed by atoms with Gasteiger partial charge in [0.1, 0.15) is 0 Å². The third-order valence-corrected chi connectivity index (χ3v) is 3.19. The molecule has 1 aromatic heterocycles. The first kappa shape index (κ1) is 11.3. The number of nitrogens with zero attached hydrogens (tertiary/aromatic N) is 1. The summed E-state index contributed by atoms with van der Waals surface area (Å²) in [6.07, 6.45) is 0. The number of anilines is 1. The number of fused-ring (bicyclic) bond motifs is 1. The summed E-state index contributed by atoms with van der Waals surface area (Å²) in [5, 5.41) is 3.86. The number of aromatic nitrogens is 1. The number of aryl methyl sites for hydroxylation is 1. The van der Waals surface area contributed by atoms with Crippen LogP contribution in [0.1, 0.15) is 12.6 Å². The molecular formula is C12H11IN2O. The minimum atomic E-state index is -0.0779. The molecule has 0 atom stereocenters. The topological polar surface area (TPSA) is 42.0 Å². The lowest BCUT2D eigenvalue weighted by Gasteiger charge is -2.08. The van der Waals surface area contributed by atoms with Gasteiger partial charge in [0.2, 0.25) is 5.91 Å². The number of amides is 1. The first-order valence-corrected chi connectivity index (χ1v) is 5.99. The average molecular weight is 326 g/mol. The number of nitrogens with one attached hydrogen (secondary N) is 1. The van der Waals surface area contributed by atoms with Crippen molar-refractivity contribution >= 4 is 45.1 Å². The van der Waals surface area contributed by atoms with Crippen molar-refractivity contribution in [2.24, 2.45) is 0 Å². The molecule has 0 aliphatic rings. The monoisotopic (exact) mass is 326 g/mol. The summed E-state index contributed by atoms with van der Waals surface area (Å²) < 4.78 is 1.13. The maximum atomic E-state index is 11.1. The molecule has 1 amide bonds. The van der Waals surface area contributed by atoms with E-state index in [0.29, 0.717) is 0 Å². The van der Waals surface area contributed by atoms with Crippen LogP contribution < -0.4 is 5.32 Å². The van der Waals surface area contributed by atoms with Crippen molar-refractivity contribution in [3.63, 3.8) is 0 Å². The van der Waals surface area contributed by atoms with Crippen LogP contribution in [0.15, 0.2) is 24.3 Å². The van der Waals surface area contributed by atoms with E-state index in [1.165, 1.54) is 6.92 Å². The smallest absolute Gasteiger partial charge is 0.221 e. The summed E-state index contributed by atoms with van der Waals surface area (Å²) >= 11 is 2.27. The van der Waals surface area contributed by atoms with Gasteiger partial charge in [-0.2, -0.15) is 0 Å². The van der Waals surface area contributed by atoms with E-state index >= 15 is 0 Å². The first-order valence-electron chi connectivity index (χ1n) is 4.91. The number of carbonyl (C=O) groups excluding carboxylic acids is 1. The van der Waals surface area contributed by atoms with Gasteiger partial charge >= 0.3 is 0 Å².